The minimum Gasteiger partial charge on any atom is -0.481 e. The van der Waals surface area contributed by atoms with Crippen LogP contribution in [0, 0.1) is 5.92 Å². The minimum atomic E-state index is -1.12. The molecule has 2 heterocycles. The van der Waals surface area contributed by atoms with Gasteiger partial charge in [-0.1, -0.05) is 36.4 Å². The van der Waals surface area contributed by atoms with Crippen molar-refractivity contribution in [1.29, 1.82) is 0 Å². The Hall–Kier alpha value is -3.61. The van der Waals surface area contributed by atoms with Crippen molar-refractivity contribution in [1.82, 2.24) is 10.3 Å². The van der Waals surface area contributed by atoms with Crippen LogP contribution in [-0.4, -0.2) is 40.5 Å². The quantitative estimate of drug-likeness (QED) is 0.660. The van der Waals surface area contributed by atoms with E-state index in [0.717, 1.165) is 5.52 Å². The number of nitrogens with one attached hydrogen (secondary N) is 2. The van der Waals surface area contributed by atoms with Gasteiger partial charge >= 0.3 is 5.97 Å². The summed E-state index contributed by atoms with van der Waals surface area (Å²) in [7, 11) is 0. The Morgan fingerprint density at radius 1 is 1.07 bits per heavy atom. The third-order valence-electron chi connectivity index (χ3n) is 4.82. The summed E-state index contributed by atoms with van der Waals surface area (Å²) in [6.45, 7) is 0.0109. The highest BCUT2D eigenvalue weighted by atomic mass is 16.4. The van der Waals surface area contributed by atoms with Gasteiger partial charge in [-0.15, -0.1) is 0 Å². The molecule has 4 rings (SSSR count). The van der Waals surface area contributed by atoms with Crippen molar-refractivity contribution in [2.75, 3.05) is 11.4 Å². The molecule has 0 radical (unpaired) electrons. The third kappa shape index (κ3) is 2.93. The molecule has 7 nitrogen and oxygen atoms in total. The van der Waals surface area contributed by atoms with Crippen LogP contribution in [0.15, 0.2) is 60.8 Å². The second-order valence-corrected chi connectivity index (χ2v) is 6.43. The van der Waals surface area contributed by atoms with Crippen molar-refractivity contribution in [3.05, 3.63) is 66.4 Å². The molecule has 7 heteroatoms. The number of rotatable bonds is 4. The number of nitrogens with zero attached hydrogens (tertiary/aromatic N) is 1. The number of hydrogen-bond acceptors (Lipinski definition) is 3. The van der Waals surface area contributed by atoms with Gasteiger partial charge in [-0.2, -0.15) is 0 Å². The summed E-state index contributed by atoms with van der Waals surface area (Å²) in [5.41, 5.74) is 1.78. The lowest BCUT2D eigenvalue weighted by atomic mass is 10.0. The average Bonchev–Trinajstić information content (AvgIpc) is 3.24. The number of amides is 2. The summed E-state index contributed by atoms with van der Waals surface area (Å²) in [6.07, 6.45) is 1.56. The number of aliphatic carboxylic acids is 1. The molecule has 1 saturated heterocycles. The lowest BCUT2D eigenvalue weighted by Gasteiger charge is -2.17. The molecule has 3 N–H and O–H groups in total. The molecule has 0 aliphatic carbocycles. The molecule has 0 bridgehead atoms. The zero-order chi connectivity index (χ0) is 19.0. The van der Waals surface area contributed by atoms with Gasteiger partial charge in [0, 0.05) is 29.3 Å². The number of H-pyrrole nitrogens is 1. The summed E-state index contributed by atoms with van der Waals surface area (Å²) in [5, 5.41) is 12.9. The molecule has 1 aromatic heterocycles. The van der Waals surface area contributed by atoms with Crippen LogP contribution in [0.5, 0.6) is 0 Å². The van der Waals surface area contributed by atoms with E-state index in [4.69, 9.17) is 0 Å². The van der Waals surface area contributed by atoms with Gasteiger partial charge in [0.15, 0.2) is 0 Å². The van der Waals surface area contributed by atoms with Crippen LogP contribution >= 0.6 is 0 Å². The fourth-order valence-electron chi connectivity index (χ4n) is 3.43. The normalized spacial score (nSPS) is 19.4. The fraction of sp³-hybridized carbons (Fsp3) is 0.150. The van der Waals surface area contributed by atoms with E-state index in [1.807, 2.05) is 24.3 Å². The molecule has 1 aliphatic heterocycles. The Balaban J connectivity index is 1.62. The van der Waals surface area contributed by atoms with Crippen LogP contribution in [0.2, 0.25) is 0 Å². The number of hydrogen-bond donors (Lipinski definition) is 3. The molecule has 2 amide bonds. The number of carbonyl (C=O) groups excluding carboxylic acids is 2. The maximum Gasteiger partial charge on any atom is 0.310 e. The Kier molecular flexibility index (Phi) is 4.12. The number of aromatic nitrogens is 1. The highest BCUT2D eigenvalue weighted by Crippen LogP contribution is 2.26. The third-order valence-corrected chi connectivity index (χ3v) is 4.82. The van der Waals surface area contributed by atoms with Crippen molar-refractivity contribution in [2.45, 2.75) is 6.04 Å². The number of carboxylic acids is 1. The van der Waals surface area contributed by atoms with E-state index in [1.54, 1.807) is 36.5 Å². The van der Waals surface area contributed by atoms with E-state index in [0.29, 0.717) is 16.6 Å². The summed E-state index contributed by atoms with van der Waals surface area (Å²) in [4.78, 5) is 41.6. The molecule has 1 aliphatic rings. The van der Waals surface area contributed by atoms with Crippen LogP contribution in [0.1, 0.15) is 10.4 Å². The van der Waals surface area contributed by atoms with E-state index in [9.17, 15) is 19.5 Å². The molecule has 2 aromatic carbocycles. The van der Waals surface area contributed by atoms with Crippen LogP contribution in [-0.2, 0) is 9.59 Å². The summed E-state index contributed by atoms with van der Waals surface area (Å²) >= 11 is 0. The van der Waals surface area contributed by atoms with Crippen LogP contribution in [0.25, 0.3) is 10.9 Å². The largest absolute Gasteiger partial charge is 0.481 e. The zero-order valence-corrected chi connectivity index (χ0v) is 14.3. The predicted octanol–water partition coefficient (Wildman–Crippen LogP) is 2.01. The number of carboxylic acid groups (broad SMARTS) is 1. The number of carbonyl (C=O) groups is 3. The van der Waals surface area contributed by atoms with Gasteiger partial charge in [0.2, 0.25) is 0 Å². The highest BCUT2D eigenvalue weighted by molar-refractivity contribution is 6.10. The molecule has 136 valence electrons. The summed E-state index contributed by atoms with van der Waals surface area (Å²) < 4.78 is 0. The summed E-state index contributed by atoms with van der Waals surface area (Å²) in [6, 6.07) is 15.0. The first kappa shape index (κ1) is 16.8. The van der Waals surface area contributed by atoms with Crippen molar-refractivity contribution >= 4 is 34.4 Å². The molecule has 3 aromatic rings. The Bertz CT molecular complexity index is 1030. The standard InChI is InChI=1S/C20H17N3O4/c24-18(14-10-21-16-9-5-4-8-13(14)16)22-17-15(20(26)27)11-23(19(17)25)12-6-2-1-3-7-12/h1-10,15,17,21H,11H2,(H,22,24)(H,26,27)/t15-,17-/m1/s1. The molecule has 0 unspecified atom stereocenters. The molecule has 2 atom stereocenters. The second kappa shape index (κ2) is 6.60. The molecular formula is C20H17N3O4. The highest BCUT2D eigenvalue weighted by Gasteiger charge is 2.46. The average molecular weight is 363 g/mol. The predicted molar refractivity (Wildman–Crippen MR) is 99.5 cm³/mol. The summed E-state index contributed by atoms with van der Waals surface area (Å²) in [5.74, 6) is -3.05. The number of fused-ring (bicyclic) bond motifs is 1. The van der Waals surface area contributed by atoms with Gasteiger partial charge in [0.1, 0.15) is 12.0 Å². The van der Waals surface area contributed by atoms with Crippen molar-refractivity contribution in [3.63, 3.8) is 0 Å². The smallest absolute Gasteiger partial charge is 0.310 e. The zero-order valence-electron chi connectivity index (χ0n) is 14.3. The van der Waals surface area contributed by atoms with E-state index < -0.39 is 29.7 Å². The molecule has 0 spiro atoms. The number of para-hydroxylation sites is 2. The molecule has 27 heavy (non-hydrogen) atoms. The van der Waals surface area contributed by atoms with Gasteiger partial charge < -0.3 is 20.3 Å². The maximum absolute atomic E-state index is 12.8. The van der Waals surface area contributed by atoms with Gasteiger partial charge in [0.25, 0.3) is 11.8 Å². The SMILES string of the molecule is O=C(N[C@H]1C(=O)N(c2ccccc2)C[C@H]1C(=O)O)c1c[nH]c2ccccc12. The monoisotopic (exact) mass is 363 g/mol. The van der Waals surface area contributed by atoms with Gasteiger partial charge in [-0.25, -0.2) is 0 Å². The first-order valence-electron chi connectivity index (χ1n) is 8.52. The number of aromatic amines is 1. The minimum absolute atomic E-state index is 0.0109. The first-order valence-corrected chi connectivity index (χ1v) is 8.52. The van der Waals surface area contributed by atoms with Crippen molar-refractivity contribution in [2.24, 2.45) is 5.92 Å². The maximum atomic E-state index is 12.8. The van der Waals surface area contributed by atoms with Crippen LogP contribution in [0.4, 0.5) is 5.69 Å². The topological polar surface area (TPSA) is 102 Å². The van der Waals surface area contributed by atoms with Crippen LogP contribution in [0.3, 0.4) is 0 Å². The van der Waals surface area contributed by atoms with E-state index in [-0.39, 0.29) is 6.54 Å². The van der Waals surface area contributed by atoms with Crippen molar-refractivity contribution < 1.29 is 19.5 Å². The number of anilines is 1. The molecule has 1 fully saturated rings. The number of benzene rings is 2. The van der Waals surface area contributed by atoms with Crippen LogP contribution < -0.4 is 10.2 Å². The molecule has 0 saturated carbocycles. The lowest BCUT2D eigenvalue weighted by Crippen LogP contribution is -2.46. The van der Waals surface area contributed by atoms with Crippen molar-refractivity contribution in [3.8, 4) is 0 Å². The van der Waals surface area contributed by atoms with E-state index in [2.05, 4.69) is 10.3 Å². The van der Waals surface area contributed by atoms with Gasteiger partial charge in [-0.3, -0.25) is 14.4 Å². The lowest BCUT2D eigenvalue weighted by molar-refractivity contribution is -0.142. The fourth-order valence-corrected chi connectivity index (χ4v) is 3.43. The van der Waals surface area contributed by atoms with Gasteiger partial charge in [-0.05, 0) is 18.2 Å². The second-order valence-electron chi connectivity index (χ2n) is 6.43. The molecular weight excluding hydrogens is 346 g/mol. The van der Waals surface area contributed by atoms with E-state index >= 15 is 0 Å². The Morgan fingerprint density at radius 2 is 1.78 bits per heavy atom. The van der Waals surface area contributed by atoms with E-state index in [1.165, 1.54) is 4.90 Å². The van der Waals surface area contributed by atoms with Gasteiger partial charge in [0.05, 0.1) is 5.56 Å². The Labute approximate surface area is 154 Å². The Morgan fingerprint density at radius 3 is 2.52 bits per heavy atom. The first-order chi connectivity index (χ1) is 13.1.